The Morgan fingerprint density at radius 2 is 2.43 bits per heavy atom. The molecule has 0 saturated heterocycles. The molecule has 3 heteroatoms. The van der Waals surface area contributed by atoms with Crippen LogP contribution in [0.25, 0.3) is 0 Å². The molecule has 2 atom stereocenters. The highest BCUT2D eigenvalue weighted by molar-refractivity contribution is 7.07. The van der Waals surface area contributed by atoms with Crippen molar-refractivity contribution in [3.8, 4) is 0 Å². The second-order valence-electron chi connectivity index (χ2n) is 3.65. The molecule has 1 heterocycles. The molecular weight excluding hydrogens is 192 g/mol. The summed E-state index contributed by atoms with van der Waals surface area (Å²) in [6.45, 7) is 9.07. The topological polar surface area (TPSA) is 24.9 Å². The van der Waals surface area contributed by atoms with E-state index in [1.165, 1.54) is 0 Å². The van der Waals surface area contributed by atoms with Crippen molar-refractivity contribution in [3.63, 3.8) is 0 Å². The SMILES string of the molecule is C=CCC(C)C(C)NCc1cscn1. The Balaban J connectivity index is 2.27. The van der Waals surface area contributed by atoms with Crippen molar-refractivity contribution in [2.24, 2.45) is 5.92 Å². The summed E-state index contributed by atoms with van der Waals surface area (Å²) in [7, 11) is 0. The molecule has 0 aliphatic carbocycles. The summed E-state index contributed by atoms with van der Waals surface area (Å²) >= 11 is 1.64. The maximum Gasteiger partial charge on any atom is 0.0795 e. The van der Waals surface area contributed by atoms with E-state index in [1.54, 1.807) is 11.3 Å². The van der Waals surface area contributed by atoms with Gasteiger partial charge >= 0.3 is 0 Å². The van der Waals surface area contributed by atoms with Gasteiger partial charge < -0.3 is 5.32 Å². The normalized spacial score (nSPS) is 15.0. The van der Waals surface area contributed by atoms with Crippen molar-refractivity contribution >= 4 is 11.3 Å². The zero-order chi connectivity index (χ0) is 10.4. The average Bonchev–Trinajstić information content (AvgIpc) is 2.67. The second-order valence-corrected chi connectivity index (χ2v) is 4.37. The first-order valence-corrected chi connectivity index (χ1v) is 5.89. The van der Waals surface area contributed by atoms with Gasteiger partial charge in [-0.3, -0.25) is 0 Å². The van der Waals surface area contributed by atoms with Crippen LogP contribution in [-0.4, -0.2) is 11.0 Å². The third-order valence-electron chi connectivity index (χ3n) is 2.48. The molecule has 0 aliphatic heterocycles. The van der Waals surface area contributed by atoms with Crippen LogP contribution >= 0.6 is 11.3 Å². The van der Waals surface area contributed by atoms with Crippen molar-refractivity contribution in [3.05, 3.63) is 29.2 Å². The molecule has 0 aromatic carbocycles. The van der Waals surface area contributed by atoms with Crippen molar-refractivity contribution in [2.45, 2.75) is 32.9 Å². The van der Waals surface area contributed by atoms with Gasteiger partial charge in [-0.05, 0) is 19.3 Å². The minimum absolute atomic E-state index is 0.509. The van der Waals surface area contributed by atoms with Gasteiger partial charge in [0.2, 0.25) is 0 Å². The lowest BCUT2D eigenvalue weighted by atomic mass is 10.00. The maximum absolute atomic E-state index is 4.23. The smallest absolute Gasteiger partial charge is 0.0795 e. The molecule has 0 aliphatic rings. The minimum atomic E-state index is 0.509. The average molecular weight is 210 g/mol. The second kappa shape index (κ2) is 5.94. The summed E-state index contributed by atoms with van der Waals surface area (Å²) < 4.78 is 0. The predicted octanol–water partition coefficient (Wildman–Crippen LogP) is 2.83. The summed E-state index contributed by atoms with van der Waals surface area (Å²) in [5, 5.41) is 5.55. The molecule has 2 nitrogen and oxygen atoms in total. The molecule has 2 unspecified atom stereocenters. The van der Waals surface area contributed by atoms with Crippen LogP contribution in [0, 0.1) is 5.92 Å². The first kappa shape index (κ1) is 11.4. The lowest BCUT2D eigenvalue weighted by Gasteiger charge is -2.19. The van der Waals surface area contributed by atoms with E-state index in [1.807, 2.05) is 11.6 Å². The molecule has 0 saturated carbocycles. The van der Waals surface area contributed by atoms with Gasteiger partial charge in [-0.1, -0.05) is 13.0 Å². The quantitative estimate of drug-likeness (QED) is 0.730. The number of aromatic nitrogens is 1. The van der Waals surface area contributed by atoms with Crippen LogP contribution in [0.5, 0.6) is 0 Å². The largest absolute Gasteiger partial charge is 0.308 e. The molecule has 78 valence electrons. The minimum Gasteiger partial charge on any atom is -0.308 e. The highest BCUT2D eigenvalue weighted by Gasteiger charge is 2.09. The molecule has 0 bridgehead atoms. The van der Waals surface area contributed by atoms with Gasteiger partial charge in [0.25, 0.3) is 0 Å². The number of hydrogen-bond acceptors (Lipinski definition) is 3. The molecule has 14 heavy (non-hydrogen) atoms. The fraction of sp³-hybridized carbons (Fsp3) is 0.545. The molecule has 0 radical (unpaired) electrons. The number of hydrogen-bond donors (Lipinski definition) is 1. The van der Waals surface area contributed by atoms with Gasteiger partial charge in [0.1, 0.15) is 0 Å². The first-order chi connectivity index (χ1) is 6.74. The van der Waals surface area contributed by atoms with E-state index in [4.69, 9.17) is 0 Å². The summed E-state index contributed by atoms with van der Waals surface area (Å²) in [6, 6.07) is 0.509. The number of rotatable bonds is 6. The lowest BCUT2D eigenvalue weighted by Crippen LogP contribution is -2.31. The zero-order valence-corrected chi connectivity index (χ0v) is 9.68. The predicted molar refractivity (Wildman–Crippen MR) is 62.4 cm³/mol. The Bertz CT molecular complexity index is 256. The number of thiazole rings is 1. The van der Waals surface area contributed by atoms with E-state index in [2.05, 4.69) is 36.1 Å². The Kier molecular flexibility index (Phi) is 4.84. The van der Waals surface area contributed by atoms with Crippen LogP contribution in [0.2, 0.25) is 0 Å². The van der Waals surface area contributed by atoms with E-state index >= 15 is 0 Å². The first-order valence-electron chi connectivity index (χ1n) is 4.95. The Labute approximate surface area is 90.1 Å². The molecule has 1 N–H and O–H groups in total. The molecule has 0 amide bonds. The Hall–Kier alpha value is -0.670. The van der Waals surface area contributed by atoms with Gasteiger partial charge in [-0.15, -0.1) is 17.9 Å². The van der Waals surface area contributed by atoms with Crippen LogP contribution in [-0.2, 0) is 6.54 Å². The van der Waals surface area contributed by atoms with Crippen LogP contribution in [0.15, 0.2) is 23.5 Å². The summed E-state index contributed by atoms with van der Waals surface area (Å²) in [6.07, 6.45) is 3.04. The van der Waals surface area contributed by atoms with Crippen LogP contribution in [0.1, 0.15) is 26.0 Å². The highest BCUT2D eigenvalue weighted by atomic mass is 32.1. The third-order valence-corrected chi connectivity index (χ3v) is 3.12. The van der Waals surface area contributed by atoms with E-state index < -0.39 is 0 Å². The van der Waals surface area contributed by atoms with Gasteiger partial charge in [-0.25, -0.2) is 4.98 Å². The van der Waals surface area contributed by atoms with Crippen LogP contribution in [0.4, 0.5) is 0 Å². The van der Waals surface area contributed by atoms with Crippen molar-refractivity contribution in [2.75, 3.05) is 0 Å². The van der Waals surface area contributed by atoms with E-state index in [0.717, 1.165) is 18.7 Å². The van der Waals surface area contributed by atoms with E-state index in [-0.39, 0.29) is 0 Å². The van der Waals surface area contributed by atoms with Gasteiger partial charge in [0.15, 0.2) is 0 Å². The van der Waals surface area contributed by atoms with Gasteiger partial charge in [-0.2, -0.15) is 0 Å². The summed E-state index contributed by atoms with van der Waals surface area (Å²) in [5.74, 6) is 0.631. The van der Waals surface area contributed by atoms with E-state index in [9.17, 15) is 0 Å². The lowest BCUT2D eigenvalue weighted by molar-refractivity contribution is 0.400. The van der Waals surface area contributed by atoms with Crippen LogP contribution in [0.3, 0.4) is 0 Å². The Morgan fingerprint density at radius 3 is 3.00 bits per heavy atom. The zero-order valence-electron chi connectivity index (χ0n) is 8.86. The fourth-order valence-electron chi connectivity index (χ4n) is 1.26. The van der Waals surface area contributed by atoms with E-state index in [0.29, 0.717) is 12.0 Å². The standard InChI is InChI=1S/C11H18N2S/c1-4-5-9(2)10(3)12-6-11-7-14-8-13-11/h4,7-10,12H,1,5-6H2,2-3H3. The third kappa shape index (κ3) is 3.60. The van der Waals surface area contributed by atoms with Crippen molar-refractivity contribution < 1.29 is 0 Å². The van der Waals surface area contributed by atoms with Crippen LogP contribution < -0.4 is 5.32 Å². The maximum atomic E-state index is 4.23. The fourth-order valence-corrected chi connectivity index (χ4v) is 1.82. The molecule has 1 aromatic rings. The molecule has 1 rings (SSSR count). The number of allylic oxidation sites excluding steroid dienone is 1. The van der Waals surface area contributed by atoms with Crippen molar-refractivity contribution in [1.29, 1.82) is 0 Å². The van der Waals surface area contributed by atoms with Crippen molar-refractivity contribution in [1.82, 2.24) is 10.3 Å². The number of nitrogens with one attached hydrogen (secondary N) is 1. The Morgan fingerprint density at radius 1 is 1.64 bits per heavy atom. The molecule has 1 aromatic heterocycles. The summed E-state index contributed by atoms with van der Waals surface area (Å²) in [4.78, 5) is 4.23. The number of nitrogens with zero attached hydrogens (tertiary/aromatic N) is 1. The van der Waals surface area contributed by atoms with Gasteiger partial charge in [0.05, 0.1) is 11.2 Å². The summed E-state index contributed by atoms with van der Waals surface area (Å²) in [5.41, 5.74) is 3.00. The monoisotopic (exact) mass is 210 g/mol. The molecule has 0 spiro atoms. The van der Waals surface area contributed by atoms with Gasteiger partial charge in [0, 0.05) is 18.0 Å². The highest BCUT2D eigenvalue weighted by Crippen LogP contribution is 2.09. The molecule has 0 fully saturated rings. The molecular formula is C11H18N2S.